The van der Waals surface area contributed by atoms with E-state index in [1.54, 1.807) is 0 Å². The van der Waals surface area contributed by atoms with Crippen molar-refractivity contribution in [2.24, 2.45) is 0 Å². The summed E-state index contributed by atoms with van der Waals surface area (Å²) in [5.41, 5.74) is 0. The summed E-state index contributed by atoms with van der Waals surface area (Å²) in [5.74, 6) is -1.86. The topological polar surface area (TPSA) is 101 Å². The molecular weight excluding hydrogens is 286 g/mol. The van der Waals surface area contributed by atoms with Crippen molar-refractivity contribution < 1.29 is 27.9 Å². The average molecular weight is 307 g/mol. The van der Waals surface area contributed by atoms with E-state index in [1.807, 2.05) is 0 Å². The van der Waals surface area contributed by atoms with Crippen LogP contribution in [0.2, 0.25) is 0 Å². The number of amides is 1. The fourth-order valence-electron chi connectivity index (χ4n) is 2.08. The molecule has 0 spiro atoms. The maximum Gasteiger partial charge on any atom is 0.326 e. The summed E-state index contributed by atoms with van der Waals surface area (Å²) in [6.45, 7) is 3.39. The van der Waals surface area contributed by atoms with Crippen LogP contribution in [-0.4, -0.2) is 67.1 Å². The van der Waals surface area contributed by atoms with Crippen molar-refractivity contribution in [3.05, 3.63) is 0 Å². The van der Waals surface area contributed by atoms with E-state index in [4.69, 9.17) is 9.84 Å². The van der Waals surface area contributed by atoms with Crippen molar-refractivity contribution in [1.29, 1.82) is 0 Å². The van der Waals surface area contributed by atoms with Gasteiger partial charge in [-0.1, -0.05) is 0 Å². The number of ether oxygens (including phenoxy) is 1. The lowest BCUT2D eigenvalue weighted by molar-refractivity contribution is -0.147. The molecule has 20 heavy (non-hydrogen) atoms. The van der Waals surface area contributed by atoms with E-state index in [0.29, 0.717) is 26.1 Å². The Balaban J connectivity index is 2.84. The zero-order valence-corrected chi connectivity index (χ0v) is 12.7. The van der Waals surface area contributed by atoms with Gasteiger partial charge in [0.05, 0.1) is 5.25 Å². The van der Waals surface area contributed by atoms with Gasteiger partial charge in [0.2, 0.25) is 5.91 Å². The van der Waals surface area contributed by atoms with Gasteiger partial charge in [-0.15, -0.1) is 0 Å². The first-order valence-electron chi connectivity index (χ1n) is 6.49. The minimum absolute atomic E-state index is 0.367. The predicted molar refractivity (Wildman–Crippen MR) is 72.1 cm³/mol. The van der Waals surface area contributed by atoms with E-state index in [2.05, 4.69) is 0 Å². The first-order valence-corrected chi connectivity index (χ1v) is 8.10. The first kappa shape index (κ1) is 16.9. The van der Waals surface area contributed by atoms with Gasteiger partial charge in [-0.3, -0.25) is 4.79 Å². The van der Waals surface area contributed by atoms with Crippen LogP contribution in [0.1, 0.15) is 26.7 Å². The Kier molecular flexibility index (Phi) is 5.52. The number of sulfone groups is 1. The van der Waals surface area contributed by atoms with E-state index in [9.17, 15) is 18.0 Å². The van der Waals surface area contributed by atoms with Crippen LogP contribution >= 0.6 is 0 Å². The highest BCUT2D eigenvalue weighted by Gasteiger charge is 2.39. The minimum Gasteiger partial charge on any atom is -0.480 e. The van der Waals surface area contributed by atoms with Crippen LogP contribution < -0.4 is 0 Å². The fourth-order valence-corrected chi connectivity index (χ4v) is 3.95. The van der Waals surface area contributed by atoms with Gasteiger partial charge < -0.3 is 14.7 Å². The molecule has 1 saturated heterocycles. The Morgan fingerprint density at radius 1 is 1.25 bits per heavy atom. The number of likely N-dealkylation sites (N-methyl/N-ethyl adjacent to an activating group) is 1. The molecule has 1 N–H and O–H groups in total. The van der Waals surface area contributed by atoms with Crippen LogP contribution in [-0.2, 0) is 24.2 Å². The first-order chi connectivity index (χ1) is 9.19. The van der Waals surface area contributed by atoms with Crippen LogP contribution in [0.3, 0.4) is 0 Å². The Hall–Kier alpha value is -1.15. The monoisotopic (exact) mass is 307 g/mol. The molecule has 0 bridgehead atoms. The zero-order valence-electron chi connectivity index (χ0n) is 11.9. The molecular formula is C12H21NO6S. The second-order valence-corrected chi connectivity index (χ2v) is 7.56. The lowest BCUT2D eigenvalue weighted by Gasteiger charge is -2.28. The zero-order chi connectivity index (χ0) is 15.5. The third kappa shape index (κ3) is 3.49. The van der Waals surface area contributed by atoms with Gasteiger partial charge in [0.25, 0.3) is 0 Å². The molecule has 1 aliphatic rings. The van der Waals surface area contributed by atoms with E-state index in [1.165, 1.54) is 20.9 Å². The summed E-state index contributed by atoms with van der Waals surface area (Å²) in [4.78, 5) is 24.0. The highest BCUT2D eigenvalue weighted by atomic mass is 32.2. The van der Waals surface area contributed by atoms with Crippen LogP contribution in [0.15, 0.2) is 0 Å². The van der Waals surface area contributed by atoms with Crippen molar-refractivity contribution in [2.75, 3.05) is 20.3 Å². The predicted octanol–water partition coefficient (Wildman–Crippen LogP) is -0.0998. The second kappa shape index (κ2) is 6.53. The smallest absolute Gasteiger partial charge is 0.326 e. The molecule has 1 fully saturated rings. The largest absolute Gasteiger partial charge is 0.480 e. The molecule has 1 amide bonds. The lowest BCUT2D eigenvalue weighted by Crippen LogP contribution is -2.49. The normalized spacial score (nSPS) is 20.1. The number of carboxylic acid groups (broad SMARTS) is 1. The van der Waals surface area contributed by atoms with E-state index in [-0.39, 0.29) is 0 Å². The minimum atomic E-state index is -3.63. The lowest BCUT2D eigenvalue weighted by atomic mass is 10.2. The van der Waals surface area contributed by atoms with Crippen molar-refractivity contribution in [2.45, 2.75) is 43.2 Å². The molecule has 8 heteroatoms. The Morgan fingerprint density at radius 2 is 1.75 bits per heavy atom. The quantitative estimate of drug-likeness (QED) is 0.761. The van der Waals surface area contributed by atoms with Gasteiger partial charge in [0.15, 0.2) is 9.84 Å². The molecule has 1 heterocycles. The summed E-state index contributed by atoms with van der Waals surface area (Å²) in [7, 11) is -2.33. The highest BCUT2D eigenvalue weighted by Crippen LogP contribution is 2.21. The second-order valence-electron chi connectivity index (χ2n) is 5.01. The number of carboxylic acids is 1. The van der Waals surface area contributed by atoms with Crippen LogP contribution in [0.5, 0.6) is 0 Å². The third-order valence-electron chi connectivity index (χ3n) is 3.76. The molecule has 0 aromatic rings. The van der Waals surface area contributed by atoms with Gasteiger partial charge >= 0.3 is 5.97 Å². The molecule has 0 saturated carbocycles. The number of aliphatic carboxylic acids is 1. The number of carbonyl (C=O) groups is 2. The molecule has 0 aromatic heterocycles. The SMILES string of the molecule is CC(C(=O)O)N(C)C(=O)C(C)S(=O)(=O)C1CCOCC1. The summed E-state index contributed by atoms with van der Waals surface area (Å²) in [6, 6.07) is -1.06. The van der Waals surface area contributed by atoms with Crippen molar-refractivity contribution in [1.82, 2.24) is 4.90 Å². The van der Waals surface area contributed by atoms with Gasteiger partial charge in [-0.25, -0.2) is 13.2 Å². The average Bonchev–Trinajstić information content (AvgIpc) is 2.44. The fraction of sp³-hybridized carbons (Fsp3) is 0.833. The van der Waals surface area contributed by atoms with Gasteiger partial charge in [-0.2, -0.15) is 0 Å². The van der Waals surface area contributed by atoms with Crippen LogP contribution in [0.4, 0.5) is 0 Å². The number of nitrogens with zero attached hydrogens (tertiary/aromatic N) is 1. The maximum absolute atomic E-state index is 12.4. The van der Waals surface area contributed by atoms with Crippen LogP contribution in [0.25, 0.3) is 0 Å². The Morgan fingerprint density at radius 3 is 2.20 bits per heavy atom. The molecule has 7 nitrogen and oxygen atoms in total. The number of hydrogen-bond acceptors (Lipinski definition) is 5. The molecule has 0 aliphatic carbocycles. The molecule has 2 atom stereocenters. The third-order valence-corrected chi connectivity index (χ3v) is 6.35. The molecule has 1 aliphatic heterocycles. The Labute approximate surface area is 118 Å². The van der Waals surface area contributed by atoms with Crippen molar-refractivity contribution >= 4 is 21.7 Å². The number of carbonyl (C=O) groups excluding carboxylic acids is 1. The number of hydrogen-bond donors (Lipinski definition) is 1. The Bertz CT molecular complexity index is 468. The highest BCUT2D eigenvalue weighted by molar-refractivity contribution is 7.93. The van der Waals surface area contributed by atoms with Crippen molar-refractivity contribution in [3.63, 3.8) is 0 Å². The van der Waals surface area contributed by atoms with Gasteiger partial charge in [-0.05, 0) is 26.7 Å². The molecule has 116 valence electrons. The number of rotatable bonds is 5. The molecule has 0 radical (unpaired) electrons. The van der Waals surface area contributed by atoms with E-state index >= 15 is 0 Å². The summed E-state index contributed by atoms with van der Waals surface area (Å²) < 4.78 is 29.9. The van der Waals surface area contributed by atoms with E-state index < -0.39 is 38.3 Å². The summed E-state index contributed by atoms with van der Waals surface area (Å²) >= 11 is 0. The summed E-state index contributed by atoms with van der Waals surface area (Å²) in [5, 5.41) is 7.04. The van der Waals surface area contributed by atoms with Gasteiger partial charge in [0.1, 0.15) is 11.3 Å². The van der Waals surface area contributed by atoms with Crippen molar-refractivity contribution in [3.8, 4) is 0 Å². The molecule has 1 rings (SSSR count). The molecule has 0 aromatic carbocycles. The van der Waals surface area contributed by atoms with Gasteiger partial charge in [0, 0.05) is 20.3 Å². The maximum atomic E-state index is 12.4. The van der Waals surface area contributed by atoms with E-state index in [0.717, 1.165) is 4.90 Å². The summed E-state index contributed by atoms with van der Waals surface area (Å²) in [6.07, 6.45) is 0.746. The molecule has 2 unspecified atom stereocenters. The standard InChI is InChI=1S/C12H21NO6S/c1-8(12(15)16)13(3)11(14)9(2)20(17,18)10-4-6-19-7-5-10/h8-10H,4-7H2,1-3H3,(H,15,16). The van der Waals surface area contributed by atoms with Crippen LogP contribution in [0, 0.1) is 0 Å².